The van der Waals surface area contributed by atoms with Gasteiger partial charge in [-0.2, -0.15) is 0 Å². The Morgan fingerprint density at radius 2 is 2.19 bits per heavy atom. The summed E-state index contributed by atoms with van der Waals surface area (Å²) in [6, 6.07) is 7.54. The lowest BCUT2D eigenvalue weighted by molar-refractivity contribution is -0.116. The Bertz CT molecular complexity index is 465. The molecule has 0 aromatic heterocycles. The lowest BCUT2D eigenvalue weighted by Gasteiger charge is -2.34. The number of carbonyl (C=O) groups excluding carboxylic acids is 1. The van der Waals surface area contributed by atoms with Crippen LogP contribution in [0.25, 0.3) is 0 Å². The molecule has 0 bridgehead atoms. The van der Waals surface area contributed by atoms with Crippen molar-refractivity contribution in [3.8, 4) is 0 Å². The van der Waals surface area contributed by atoms with E-state index in [-0.39, 0.29) is 18.6 Å². The molecule has 21 heavy (non-hydrogen) atoms. The number of nitrogens with zero attached hydrogens (tertiary/aromatic N) is 1. The minimum absolute atomic E-state index is 0.00884. The molecular formula is C16H25N3O2. The highest BCUT2D eigenvalue weighted by Crippen LogP contribution is 2.18. The van der Waals surface area contributed by atoms with Gasteiger partial charge >= 0.3 is 0 Å². The van der Waals surface area contributed by atoms with Gasteiger partial charge in [0.25, 0.3) is 0 Å². The van der Waals surface area contributed by atoms with Crippen molar-refractivity contribution in [2.75, 3.05) is 30.7 Å². The highest BCUT2D eigenvalue weighted by molar-refractivity contribution is 5.93. The molecule has 2 rings (SSSR count). The van der Waals surface area contributed by atoms with Gasteiger partial charge in [0.05, 0.1) is 18.0 Å². The van der Waals surface area contributed by atoms with E-state index in [1.807, 2.05) is 12.1 Å². The van der Waals surface area contributed by atoms with Gasteiger partial charge in [0.1, 0.15) is 0 Å². The van der Waals surface area contributed by atoms with Crippen LogP contribution in [0.4, 0.5) is 11.4 Å². The summed E-state index contributed by atoms with van der Waals surface area (Å²) < 4.78 is 0. The second-order valence-electron chi connectivity index (χ2n) is 5.61. The van der Waals surface area contributed by atoms with Crippen molar-refractivity contribution in [3.05, 3.63) is 24.3 Å². The van der Waals surface area contributed by atoms with Crippen LogP contribution in [0, 0.1) is 0 Å². The Hall–Kier alpha value is -1.59. The van der Waals surface area contributed by atoms with Crippen LogP contribution in [0.1, 0.15) is 32.1 Å². The lowest BCUT2D eigenvalue weighted by atomic mass is 10.0. The van der Waals surface area contributed by atoms with E-state index in [4.69, 9.17) is 5.73 Å². The summed E-state index contributed by atoms with van der Waals surface area (Å²) in [5.41, 5.74) is 7.06. The van der Waals surface area contributed by atoms with E-state index >= 15 is 0 Å². The van der Waals surface area contributed by atoms with Gasteiger partial charge in [0.15, 0.2) is 0 Å². The molecule has 1 atom stereocenters. The first kappa shape index (κ1) is 15.8. The van der Waals surface area contributed by atoms with Crippen molar-refractivity contribution in [1.29, 1.82) is 0 Å². The molecule has 5 heteroatoms. The van der Waals surface area contributed by atoms with Gasteiger partial charge in [0.2, 0.25) is 5.91 Å². The normalized spacial score (nSPS) is 19.4. The third-order valence-corrected chi connectivity index (χ3v) is 4.04. The first-order chi connectivity index (χ1) is 10.2. The predicted molar refractivity (Wildman–Crippen MR) is 85.0 cm³/mol. The predicted octanol–water partition coefficient (Wildman–Crippen LogP) is 1.83. The quantitative estimate of drug-likeness (QED) is 0.699. The maximum absolute atomic E-state index is 11.9. The van der Waals surface area contributed by atoms with Crippen molar-refractivity contribution in [1.82, 2.24) is 4.90 Å². The van der Waals surface area contributed by atoms with Gasteiger partial charge in [0, 0.05) is 12.5 Å². The number of hydrogen-bond donors (Lipinski definition) is 3. The molecule has 1 saturated heterocycles. The Balaban J connectivity index is 1.73. The van der Waals surface area contributed by atoms with Gasteiger partial charge in [-0.3, -0.25) is 9.69 Å². The Morgan fingerprint density at radius 1 is 1.38 bits per heavy atom. The second-order valence-corrected chi connectivity index (χ2v) is 5.61. The standard InChI is InChI=1S/C16H25N3O2/c17-14-7-1-2-8-15(14)18-16(21)9-5-11-19-10-4-3-6-13(19)12-20/h1-2,7-8,13,20H,3-6,9-12,17H2,(H,18,21). The number of carbonyl (C=O) groups is 1. The maximum Gasteiger partial charge on any atom is 0.224 e. The SMILES string of the molecule is Nc1ccccc1NC(=O)CCCN1CCCCC1CO. The number of para-hydroxylation sites is 2. The summed E-state index contributed by atoms with van der Waals surface area (Å²) in [5, 5.41) is 12.2. The zero-order valence-electron chi connectivity index (χ0n) is 12.4. The van der Waals surface area contributed by atoms with Crippen molar-refractivity contribution < 1.29 is 9.90 Å². The summed E-state index contributed by atoms with van der Waals surface area (Å²) in [4.78, 5) is 14.2. The van der Waals surface area contributed by atoms with Crippen LogP contribution in [0.5, 0.6) is 0 Å². The van der Waals surface area contributed by atoms with E-state index < -0.39 is 0 Å². The lowest BCUT2D eigenvalue weighted by Crippen LogP contribution is -2.42. The number of aliphatic hydroxyl groups excluding tert-OH is 1. The fourth-order valence-electron chi connectivity index (χ4n) is 2.83. The third kappa shape index (κ3) is 4.72. The first-order valence-corrected chi connectivity index (χ1v) is 7.70. The highest BCUT2D eigenvalue weighted by atomic mass is 16.3. The van der Waals surface area contributed by atoms with Crippen LogP contribution in [0.3, 0.4) is 0 Å². The summed E-state index contributed by atoms with van der Waals surface area (Å²) in [6.07, 6.45) is 4.71. The minimum Gasteiger partial charge on any atom is -0.397 e. The van der Waals surface area contributed by atoms with Gasteiger partial charge in [-0.05, 0) is 44.5 Å². The molecule has 1 aliphatic heterocycles. The number of anilines is 2. The molecule has 1 aromatic carbocycles. The number of likely N-dealkylation sites (tertiary alicyclic amines) is 1. The number of nitrogens with one attached hydrogen (secondary N) is 1. The van der Waals surface area contributed by atoms with E-state index in [2.05, 4.69) is 10.2 Å². The van der Waals surface area contributed by atoms with E-state index in [0.717, 1.165) is 25.9 Å². The molecule has 5 nitrogen and oxygen atoms in total. The Morgan fingerprint density at radius 3 is 2.95 bits per heavy atom. The summed E-state index contributed by atoms with van der Waals surface area (Å²) in [6.45, 7) is 2.11. The van der Waals surface area contributed by atoms with Crippen molar-refractivity contribution in [2.45, 2.75) is 38.1 Å². The van der Waals surface area contributed by atoms with Crippen LogP contribution in [-0.2, 0) is 4.79 Å². The van der Waals surface area contributed by atoms with E-state index in [9.17, 15) is 9.90 Å². The van der Waals surface area contributed by atoms with E-state index in [1.54, 1.807) is 12.1 Å². The van der Waals surface area contributed by atoms with Gasteiger partial charge in [-0.1, -0.05) is 18.6 Å². The molecule has 4 N–H and O–H groups in total. The van der Waals surface area contributed by atoms with Crippen LogP contribution < -0.4 is 11.1 Å². The zero-order chi connectivity index (χ0) is 15.1. The summed E-state index contributed by atoms with van der Waals surface area (Å²) in [7, 11) is 0. The fraction of sp³-hybridized carbons (Fsp3) is 0.562. The van der Waals surface area contributed by atoms with Gasteiger partial charge in [-0.15, -0.1) is 0 Å². The first-order valence-electron chi connectivity index (χ1n) is 7.70. The molecule has 0 spiro atoms. The monoisotopic (exact) mass is 291 g/mol. The van der Waals surface area contributed by atoms with Crippen LogP contribution in [0.2, 0.25) is 0 Å². The van der Waals surface area contributed by atoms with E-state index in [0.29, 0.717) is 17.8 Å². The molecule has 1 aliphatic rings. The number of nitrogen functional groups attached to an aromatic ring is 1. The van der Waals surface area contributed by atoms with Crippen molar-refractivity contribution in [3.63, 3.8) is 0 Å². The zero-order valence-corrected chi connectivity index (χ0v) is 12.4. The topological polar surface area (TPSA) is 78.6 Å². The average Bonchev–Trinajstić information content (AvgIpc) is 2.50. The Kier molecular flexibility index (Phi) is 6.02. The molecule has 1 amide bonds. The number of amides is 1. The average molecular weight is 291 g/mol. The fourth-order valence-corrected chi connectivity index (χ4v) is 2.83. The molecule has 0 aliphatic carbocycles. The van der Waals surface area contributed by atoms with Crippen LogP contribution in [0.15, 0.2) is 24.3 Å². The number of hydrogen-bond acceptors (Lipinski definition) is 4. The molecule has 1 aromatic rings. The summed E-state index contributed by atoms with van der Waals surface area (Å²) in [5.74, 6) is -0.00884. The molecule has 1 fully saturated rings. The van der Waals surface area contributed by atoms with Crippen LogP contribution >= 0.6 is 0 Å². The molecule has 1 heterocycles. The number of benzene rings is 1. The molecule has 0 saturated carbocycles. The number of aliphatic hydroxyl groups is 1. The largest absolute Gasteiger partial charge is 0.397 e. The molecular weight excluding hydrogens is 266 g/mol. The van der Waals surface area contributed by atoms with Gasteiger partial charge in [-0.25, -0.2) is 0 Å². The maximum atomic E-state index is 11.9. The molecule has 116 valence electrons. The number of nitrogens with two attached hydrogens (primary N) is 1. The van der Waals surface area contributed by atoms with Gasteiger partial charge < -0.3 is 16.2 Å². The third-order valence-electron chi connectivity index (χ3n) is 4.04. The summed E-state index contributed by atoms with van der Waals surface area (Å²) >= 11 is 0. The second kappa shape index (κ2) is 8.00. The Labute approximate surface area is 126 Å². The van der Waals surface area contributed by atoms with Crippen molar-refractivity contribution in [2.24, 2.45) is 0 Å². The molecule has 0 radical (unpaired) electrons. The number of rotatable bonds is 6. The molecule has 1 unspecified atom stereocenters. The smallest absolute Gasteiger partial charge is 0.224 e. The van der Waals surface area contributed by atoms with Crippen molar-refractivity contribution >= 4 is 17.3 Å². The number of piperidine rings is 1. The highest BCUT2D eigenvalue weighted by Gasteiger charge is 2.21. The van der Waals surface area contributed by atoms with Crippen LogP contribution in [-0.4, -0.2) is 41.7 Å². The minimum atomic E-state index is -0.00884. The van der Waals surface area contributed by atoms with E-state index in [1.165, 1.54) is 12.8 Å².